The van der Waals surface area contributed by atoms with Gasteiger partial charge in [0.05, 0.1) is 0 Å². The highest BCUT2D eigenvalue weighted by molar-refractivity contribution is 5.86. The van der Waals surface area contributed by atoms with Crippen molar-refractivity contribution in [1.29, 1.82) is 0 Å². The van der Waals surface area contributed by atoms with Crippen LogP contribution in [0.15, 0.2) is 12.2 Å². The first-order valence-electron chi connectivity index (χ1n) is 7.82. The van der Waals surface area contributed by atoms with Gasteiger partial charge < -0.3 is 19.2 Å². The molecule has 0 aliphatic heterocycles. The third kappa shape index (κ3) is 10.3. The Bertz CT molecular complexity index is 368. The molecule has 0 fully saturated rings. The molecule has 0 aliphatic rings. The summed E-state index contributed by atoms with van der Waals surface area (Å²) in [5.74, 6) is -0.307. The Balaban J connectivity index is 3.86. The minimum Gasteiger partial charge on any atom is -0.461 e. The van der Waals surface area contributed by atoms with Crippen molar-refractivity contribution in [1.82, 2.24) is 4.90 Å². The van der Waals surface area contributed by atoms with Gasteiger partial charge >= 0.3 is 5.97 Å². The summed E-state index contributed by atoms with van der Waals surface area (Å²) in [4.78, 5) is 34.9. The fourth-order valence-electron chi connectivity index (χ4n) is 2.05. The standard InChI is InChI=1S/C17H29NO4/c1-14(2)17(21)22-10-9-18(4)11-16(13-20)8-6-5-7-15(3)12-19/h12-13,15-16H,1,5-11H2,2-4H3. The second-order valence-electron chi connectivity index (χ2n) is 5.97. The molecule has 0 aliphatic carbocycles. The smallest absolute Gasteiger partial charge is 0.333 e. The molecule has 126 valence electrons. The Hall–Kier alpha value is -1.49. The van der Waals surface area contributed by atoms with Crippen LogP contribution in [0.3, 0.4) is 0 Å². The molecule has 0 bridgehead atoms. The van der Waals surface area contributed by atoms with Gasteiger partial charge in [0, 0.05) is 30.5 Å². The number of nitrogens with zero attached hydrogens (tertiary/aromatic N) is 1. The molecule has 0 amide bonds. The summed E-state index contributed by atoms with van der Waals surface area (Å²) in [6.45, 7) is 8.57. The molecule has 0 heterocycles. The summed E-state index contributed by atoms with van der Waals surface area (Å²) in [5, 5.41) is 0. The van der Waals surface area contributed by atoms with E-state index in [9.17, 15) is 14.4 Å². The van der Waals surface area contributed by atoms with Gasteiger partial charge in [0.25, 0.3) is 0 Å². The van der Waals surface area contributed by atoms with Crippen LogP contribution in [0.1, 0.15) is 39.5 Å². The van der Waals surface area contributed by atoms with Gasteiger partial charge in [-0.05, 0) is 26.8 Å². The molecule has 0 aromatic heterocycles. The highest BCUT2D eigenvalue weighted by Gasteiger charge is 2.12. The van der Waals surface area contributed by atoms with Crippen molar-refractivity contribution >= 4 is 18.5 Å². The maximum Gasteiger partial charge on any atom is 0.333 e. The molecule has 2 atom stereocenters. The third-order valence-electron chi connectivity index (χ3n) is 3.51. The molecular formula is C17H29NO4. The maximum atomic E-state index is 11.2. The Kier molecular flexibility index (Phi) is 11.3. The molecule has 0 rings (SSSR count). The van der Waals surface area contributed by atoms with Crippen LogP contribution in [-0.2, 0) is 19.1 Å². The van der Waals surface area contributed by atoms with E-state index in [1.807, 2.05) is 18.9 Å². The number of esters is 1. The van der Waals surface area contributed by atoms with Gasteiger partial charge in [-0.25, -0.2) is 4.79 Å². The lowest BCUT2D eigenvalue weighted by molar-refractivity contribution is -0.139. The molecule has 0 aromatic carbocycles. The van der Waals surface area contributed by atoms with Gasteiger partial charge in [0.15, 0.2) is 0 Å². The van der Waals surface area contributed by atoms with Crippen molar-refractivity contribution in [2.45, 2.75) is 39.5 Å². The second-order valence-corrected chi connectivity index (χ2v) is 5.97. The molecule has 0 spiro atoms. The van der Waals surface area contributed by atoms with Gasteiger partial charge in [0.1, 0.15) is 19.2 Å². The number of unbranched alkanes of at least 4 members (excludes halogenated alkanes) is 1. The summed E-state index contributed by atoms with van der Waals surface area (Å²) in [5.41, 5.74) is 0.387. The van der Waals surface area contributed by atoms with Crippen molar-refractivity contribution in [3.8, 4) is 0 Å². The van der Waals surface area contributed by atoms with E-state index < -0.39 is 0 Å². The number of hydrogen-bond acceptors (Lipinski definition) is 5. The zero-order chi connectivity index (χ0) is 17.0. The van der Waals surface area contributed by atoms with Gasteiger partial charge in [-0.2, -0.15) is 0 Å². The van der Waals surface area contributed by atoms with Crippen LogP contribution in [0.25, 0.3) is 0 Å². The lowest BCUT2D eigenvalue weighted by Gasteiger charge is -2.20. The summed E-state index contributed by atoms with van der Waals surface area (Å²) in [6.07, 6.45) is 5.56. The Morgan fingerprint density at radius 2 is 1.86 bits per heavy atom. The maximum absolute atomic E-state index is 11.2. The van der Waals surface area contributed by atoms with Crippen molar-refractivity contribution < 1.29 is 19.1 Å². The molecule has 2 unspecified atom stereocenters. The number of aldehydes is 2. The first kappa shape index (κ1) is 20.5. The molecule has 5 heteroatoms. The van der Waals surface area contributed by atoms with Gasteiger partial charge in [-0.3, -0.25) is 0 Å². The third-order valence-corrected chi connectivity index (χ3v) is 3.51. The topological polar surface area (TPSA) is 63.7 Å². The molecule has 0 aromatic rings. The molecule has 0 N–H and O–H groups in total. The SMILES string of the molecule is C=C(C)C(=O)OCCN(C)CC(C=O)CCCCC(C)C=O. The summed E-state index contributed by atoms with van der Waals surface area (Å²) >= 11 is 0. The second kappa shape index (κ2) is 12.1. The number of rotatable bonds is 13. The first-order chi connectivity index (χ1) is 10.4. The Morgan fingerprint density at radius 3 is 2.41 bits per heavy atom. The van der Waals surface area contributed by atoms with Crippen LogP contribution < -0.4 is 0 Å². The molecule has 0 radical (unpaired) electrons. The van der Waals surface area contributed by atoms with E-state index in [1.165, 1.54) is 0 Å². The van der Waals surface area contributed by atoms with Crippen molar-refractivity contribution in [2.75, 3.05) is 26.7 Å². The van der Waals surface area contributed by atoms with E-state index in [0.717, 1.165) is 38.3 Å². The zero-order valence-electron chi connectivity index (χ0n) is 14.0. The Labute approximate surface area is 133 Å². The quantitative estimate of drug-likeness (QED) is 0.226. The fraction of sp³-hybridized carbons (Fsp3) is 0.706. The number of ether oxygens (including phenoxy) is 1. The predicted octanol–water partition coefficient (Wildman–Crippen LogP) is 2.25. The van der Waals surface area contributed by atoms with Crippen LogP contribution in [0, 0.1) is 11.8 Å². The first-order valence-corrected chi connectivity index (χ1v) is 7.82. The predicted molar refractivity (Wildman–Crippen MR) is 86.5 cm³/mol. The number of hydrogen-bond donors (Lipinski definition) is 0. The van der Waals surface area contributed by atoms with Crippen LogP contribution in [0.5, 0.6) is 0 Å². The highest BCUT2D eigenvalue weighted by atomic mass is 16.5. The molecular weight excluding hydrogens is 282 g/mol. The monoisotopic (exact) mass is 311 g/mol. The van der Waals surface area contributed by atoms with Crippen molar-refractivity contribution in [3.63, 3.8) is 0 Å². The average molecular weight is 311 g/mol. The van der Waals surface area contributed by atoms with E-state index in [0.29, 0.717) is 25.3 Å². The average Bonchev–Trinajstić information content (AvgIpc) is 2.49. The summed E-state index contributed by atoms with van der Waals surface area (Å²) in [7, 11) is 1.90. The molecule has 0 saturated carbocycles. The van der Waals surface area contributed by atoms with Crippen LogP contribution >= 0.6 is 0 Å². The normalized spacial score (nSPS) is 13.5. The van der Waals surface area contributed by atoms with Crippen LogP contribution in [0.2, 0.25) is 0 Å². The number of carbonyl (C=O) groups excluding carboxylic acids is 3. The summed E-state index contributed by atoms with van der Waals surface area (Å²) < 4.78 is 5.03. The van der Waals surface area contributed by atoms with E-state index in [4.69, 9.17) is 4.74 Å². The minimum atomic E-state index is -0.385. The lowest BCUT2D eigenvalue weighted by atomic mass is 9.99. The van der Waals surface area contributed by atoms with Gasteiger partial charge in [0.2, 0.25) is 0 Å². The highest BCUT2D eigenvalue weighted by Crippen LogP contribution is 2.12. The van der Waals surface area contributed by atoms with Crippen LogP contribution in [-0.4, -0.2) is 50.2 Å². The van der Waals surface area contributed by atoms with Crippen molar-refractivity contribution in [2.24, 2.45) is 11.8 Å². The van der Waals surface area contributed by atoms with E-state index in [-0.39, 0.29) is 17.8 Å². The number of carbonyl (C=O) groups is 3. The fourth-order valence-corrected chi connectivity index (χ4v) is 2.05. The lowest BCUT2D eigenvalue weighted by Crippen LogP contribution is -2.30. The van der Waals surface area contributed by atoms with Crippen molar-refractivity contribution in [3.05, 3.63) is 12.2 Å². The minimum absolute atomic E-state index is 0.0200. The molecule has 22 heavy (non-hydrogen) atoms. The molecule has 5 nitrogen and oxygen atoms in total. The van der Waals surface area contributed by atoms with E-state index in [2.05, 4.69) is 6.58 Å². The van der Waals surface area contributed by atoms with Gasteiger partial charge in [-0.15, -0.1) is 0 Å². The molecule has 0 saturated heterocycles. The number of likely N-dealkylation sites (N-methyl/N-ethyl adjacent to an activating group) is 1. The van der Waals surface area contributed by atoms with E-state index >= 15 is 0 Å². The zero-order valence-corrected chi connectivity index (χ0v) is 14.0. The summed E-state index contributed by atoms with van der Waals surface area (Å²) in [6, 6.07) is 0. The van der Waals surface area contributed by atoms with Gasteiger partial charge in [-0.1, -0.05) is 26.3 Å². The van der Waals surface area contributed by atoms with Crippen LogP contribution in [0.4, 0.5) is 0 Å². The largest absolute Gasteiger partial charge is 0.461 e. The Morgan fingerprint density at radius 1 is 1.23 bits per heavy atom. The van der Waals surface area contributed by atoms with E-state index in [1.54, 1.807) is 6.92 Å².